The van der Waals surface area contributed by atoms with Crippen LogP contribution in [0.5, 0.6) is 0 Å². The first-order valence-electron chi connectivity index (χ1n) is 6.60. The Morgan fingerprint density at radius 3 is 3.00 bits per heavy atom. The van der Waals surface area contributed by atoms with Gasteiger partial charge in [-0.2, -0.15) is 0 Å². The van der Waals surface area contributed by atoms with E-state index in [1.807, 2.05) is 18.3 Å². The Morgan fingerprint density at radius 2 is 2.33 bits per heavy atom. The summed E-state index contributed by atoms with van der Waals surface area (Å²) in [5, 5.41) is 12.7. The second kappa shape index (κ2) is 5.78. The average Bonchev–Trinajstić information content (AvgIpc) is 2.28. The van der Waals surface area contributed by atoms with E-state index in [1.165, 1.54) is 0 Å². The monoisotopic (exact) mass is 249 g/mol. The number of nitrogens with one attached hydrogen (secondary N) is 1. The van der Waals surface area contributed by atoms with Gasteiger partial charge in [-0.1, -0.05) is 6.07 Å². The van der Waals surface area contributed by atoms with Crippen LogP contribution < -0.4 is 5.32 Å². The highest BCUT2D eigenvalue weighted by Crippen LogP contribution is 2.17. The molecule has 4 nitrogen and oxygen atoms in total. The van der Waals surface area contributed by atoms with Crippen LogP contribution in [0.25, 0.3) is 0 Å². The normalized spacial score (nSPS) is 24.1. The second-order valence-corrected chi connectivity index (χ2v) is 5.73. The maximum Gasteiger partial charge on any atom is 0.0543 e. The minimum atomic E-state index is 0.0901. The number of aromatic nitrogens is 1. The van der Waals surface area contributed by atoms with Gasteiger partial charge < -0.3 is 10.4 Å². The minimum absolute atomic E-state index is 0.0901. The number of rotatable bonds is 4. The molecule has 1 unspecified atom stereocenters. The lowest BCUT2D eigenvalue weighted by Crippen LogP contribution is -2.61. The van der Waals surface area contributed by atoms with Crippen molar-refractivity contribution in [2.75, 3.05) is 19.7 Å². The topological polar surface area (TPSA) is 48.4 Å². The molecule has 2 rings (SSSR count). The predicted molar refractivity (Wildman–Crippen MR) is 72.2 cm³/mol. The molecule has 1 aromatic heterocycles. The van der Waals surface area contributed by atoms with E-state index in [0.29, 0.717) is 6.04 Å². The van der Waals surface area contributed by atoms with Crippen LogP contribution in [0.15, 0.2) is 24.4 Å². The van der Waals surface area contributed by atoms with Crippen molar-refractivity contribution in [1.29, 1.82) is 0 Å². The fourth-order valence-corrected chi connectivity index (χ4v) is 2.74. The van der Waals surface area contributed by atoms with Gasteiger partial charge in [-0.05, 0) is 32.4 Å². The molecule has 1 aliphatic rings. The lowest BCUT2D eigenvalue weighted by molar-refractivity contribution is 0.0973. The second-order valence-electron chi connectivity index (χ2n) is 5.73. The van der Waals surface area contributed by atoms with E-state index in [2.05, 4.69) is 35.1 Å². The molecule has 1 aromatic rings. The Kier molecular flexibility index (Phi) is 4.32. The maximum absolute atomic E-state index is 9.09. The summed E-state index contributed by atoms with van der Waals surface area (Å²) in [5.41, 5.74) is 1.20. The van der Waals surface area contributed by atoms with Gasteiger partial charge in [0.2, 0.25) is 0 Å². The van der Waals surface area contributed by atoms with Crippen molar-refractivity contribution in [1.82, 2.24) is 15.2 Å². The van der Waals surface area contributed by atoms with Gasteiger partial charge in [-0.25, -0.2) is 0 Å². The number of nitrogens with zero attached hydrogens (tertiary/aromatic N) is 2. The van der Waals surface area contributed by atoms with E-state index in [4.69, 9.17) is 5.11 Å². The Balaban J connectivity index is 1.99. The van der Waals surface area contributed by atoms with Crippen molar-refractivity contribution in [2.45, 2.75) is 38.4 Å². The fraction of sp³-hybridized carbons (Fsp3) is 0.643. The molecule has 2 N–H and O–H groups in total. The number of aliphatic hydroxyl groups excluding tert-OH is 1. The Hall–Kier alpha value is -0.970. The molecule has 0 aromatic carbocycles. The van der Waals surface area contributed by atoms with Gasteiger partial charge >= 0.3 is 0 Å². The number of pyridine rings is 1. The third-order valence-electron chi connectivity index (χ3n) is 3.28. The molecule has 0 bridgehead atoms. The van der Waals surface area contributed by atoms with Gasteiger partial charge in [0.1, 0.15) is 0 Å². The molecule has 1 atom stereocenters. The summed E-state index contributed by atoms with van der Waals surface area (Å²) in [6.07, 6.45) is 2.65. The van der Waals surface area contributed by atoms with Crippen molar-refractivity contribution >= 4 is 0 Å². The number of hydrogen-bond donors (Lipinski definition) is 2. The largest absolute Gasteiger partial charge is 0.396 e. The molecule has 100 valence electrons. The van der Waals surface area contributed by atoms with Gasteiger partial charge in [-0.15, -0.1) is 0 Å². The molecular weight excluding hydrogens is 226 g/mol. The molecule has 4 heteroatoms. The summed E-state index contributed by atoms with van der Waals surface area (Å²) < 4.78 is 0. The predicted octanol–water partition coefficient (Wildman–Crippen LogP) is 1.02. The smallest absolute Gasteiger partial charge is 0.0543 e. The zero-order valence-corrected chi connectivity index (χ0v) is 11.3. The lowest BCUT2D eigenvalue weighted by atomic mass is 9.97. The summed E-state index contributed by atoms with van der Waals surface area (Å²) in [7, 11) is 0. The standard InChI is InChI=1S/C14H23N3O/c1-14(2)11-17(10-13(16-14)6-8-18)9-12-5-3-4-7-15-12/h3-5,7,13,16,18H,6,8-11H2,1-2H3. The van der Waals surface area contributed by atoms with Gasteiger partial charge in [-0.3, -0.25) is 9.88 Å². The molecule has 0 saturated carbocycles. The first-order valence-corrected chi connectivity index (χ1v) is 6.60. The highest BCUT2D eigenvalue weighted by molar-refractivity contribution is 5.04. The van der Waals surface area contributed by atoms with Crippen LogP contribution in [0.4, 0.5) is 0 Å². The van der Waals surface area contributed by atoms with Crippen LogP contribution in [0.3, 0.4) is 0 Å². The van der Waals surface area contributed by atoms with E-state index in [1.54, 1.807) is 0 Å². The molecule has 0 aliphatic carbocycles. The Labute approximate surface area is 109 Å². The van der Waals surface area contributed by atoms with Crippen LogP contribution in [0.2, 0.25) is 0 Å². The zero-order valence-electron chi connectivity index (χ0n) is 11.3. The number of hydrogen-bond acceptors (Lipinski definition) is 4. The van der Waals surface area contributed by atoms with Crippen molar-refractivity contribution in [3.63, 3.8) is 0 Å². The molecule has 0 amide bonds. The van der Waals surface area contributed by atoms with E-state index in [0.717, 1.165) is 31.7 Å². The molecule has 1 saturated heterocycles. The molecule has 1 aliphatic heterocycles. The molecule has 0 radical (unpaired) electrons. The third-order valence-corrected chi connectivity index (χ3v) is 3.28. The highest BCUT2D eigenvalue weighted by atomic mass is 16.3. The van der Waals surface area contributed by atoms with Gasteiger partial charge in [0.05, 0.1) is 5.69 Å². The molecule has 2 heterocycles. The quantitative estimate of drug-likeness (QED) is 0.836. The fourth-order valence-electron chi connectivity index (χ4n) is 2.74. The van der Waals surface area contributed by atoms with Crippen molar-refractivity contribution < 1.29 is 5.11 Å². The van der Waals surface area contributed by atoms with Gasteiger partial charge in [0.15, 0.2) is 0 Å². The van der Waals surface area contributed by atoms with Crippen LogP contribution >= 0.6 is 0 Å². The maximum atomic E-state index is 9.09. The Morgan fingerprint density at radius 1 is 1.50 bits per heavy atom. The zero-order chi connectivity index (χ0) is 13.0. The van der Waals surface area contributed by atoms with Gasteiger partial charge in [0.25, 0.3) is 0 Å². The first kappa shape index (κ1) is 13.5. The van der Waals surface area contributed by atoms with Gasteiger partial charge in [0, 0.05) is 44.0 Å². The van der Waals surface area contributed by atoms with Crippen molar-refractivity contribution in [3.05, 3.63) is 30.1 Å². The minimum Gasteiger partial charge on any atom is -0.396 e. The first-order chi connectivity index (χ1) is 8.59. The van der Waals surface area contributed by atoms with Crippen LogP contribution in [0, 0.1) is 0 Å². The van der Waals surface area contributed by atoms with E-state index in [9.17, 15) is 0 Å². The summed E-state index contributed by atoms with van der Waals surface area (Å²) in [5.74, 6) is 0. The molecule has 0 spiro atoms. The summed E-state index contributed by atoms with van der Waals surface area (Å²) in [4.78, 5) is 6.80. The molecule has 1 fully saturated rings. The third kappa shape index (κ3) is 3.77. The molecule has 18 heavy (non-hydrogen) atoms. The molecular formula is C14H23N3O. The van der Waals surface area contributed by atoms with Crippen molar-refractivity contribution in [2.24, 2.45) is 0 Å². The van der Waals surface area contributed by atoms with Crippen LogP contribution in [-0.4, -0.2) is 46.3 Å². The Bertz CT molecular complexity index is 367. The number of piperazine rings is 1. The van der Waals surface area contributed by atoms with E-state index < -0.39 is 0 Å². The van der Waals surface area contributed by atoms with Crippen molar-refractivity contribution in [3.8, 4) is 0 Å². The lowest BCUT2D eigenvalue weighted by Gasteiger charge is -2.43. The number of aliphatic hydroxyl groups is 1. The van der Waals surface area contributed by atoms with Crippen LogP contribution in [0.1, 0.15) is 26.0 Å². The average molecular weight is 249 g/mol. The SMILES string of the molecule is CC1(C)CN(Cc2ccccn2)CC(CCO)N1. The summed E-state index contributed by atoms with van der Waals surface area (Å²) in [6, 6.07) is 6.40. The van der Waals surface area contributed by atoms with E-state index in [-0.39, 0.29) is 12.1 Å². The summed E-state index contributed by atoms with van der Waals surface area (Å²) >= 11 is 0. The summed E-state index contributed by atoms with van der Waals surface area (Å²) in [6.45, 7) is 7.52. The highest BCUT2D eigenvalue weighted by Gasteiger charge is 2.31. The van der Waals surface area contributed by atoms with E-state index >= 15 is 0 Å². The van der Waals surface area contributed by atoms with Crippen LogP contribution in [-0.2, 0) is 6.54 Å².